The quantitative estimate of drug-likeness (QED) is 0.840. The molecule has 1 unspecified atom stereocenters. The van der Waals surface area contributed by atoms with Crippen LogP contribution in [-0.2, 0) is 6.18 Å². The molecule has 1 heterocycles. The number of hydrogen-bond acceptors (Lipinski definition) is 2. The first-order valence-corrected chi connectivity index (χ1v) is 7.18. The number of benzene rings is 2. The molecule has 2 aromatic carbocycles. The molecule has 0 aliphatic carbocycles. The van der Waals surface area contributed by atoms with Crippen molar-refractivity contribution in [1.29, 1.82) is 0 Å². The van der Waals surface area contributed by atoms with Crippen molar-refractivity contribution in [3.8, 4) is 0 Å². The van der Waals surface area contributed by atoms with Crippen molar-refractivity contribution in [2.75, 3.05) is 11.1 Å². The van der Waals surface area contributed by atoms with Crippen LogP contribution in [-0.4, -0.2) is 5.75 Å². The lowest BCUT2D eigenvalue weighted by Gasteiger charge is -2.16. The molecule has 1 atom stereocenters. The Labute approximate surface area is 119 Å². The van der Waals surface area contributed by atoms with Gasteiger partial charge in [0.1, 0.15) is 0 Å². The Morgan fingerprint density at radius 3 is 2.65 bits per heavy atom. The average Bonchev–Trinajstić information content (AvgIpc) is 2.82. The van der Waals surface area contributed by atoms with Crippen molar-refractivity contribution < 1.29 is 13.2 Å². The van der Waals surface area contributed by atoms with Crippen molar-refractivity contribution in [1.82, 2.24) is 0 Å². The summed E-state index contributed by atoms with van der Waals surface area (Å²) in [6.07, 6.45) is -4.31. The molecule has 1 N–H and O–H groups in total. The molecule has 0 aromatic heterocycles. The van der Waals surface area contributed by atoms with Crippen molar-refractivity contribution >= 4 is 17.4 Å². The highest BCUT2D eigenvalue weighted by molar-refractivity contribution is 7.99. The number of nitrogens with one attached hydrogen (secondary N) is 1. The molecule has 3 rings (SSSR count). The van der Waals surface area contributed by atoms with Gasteiger partial charge < -0.3 is 5.32 Å². The Hall–Kier alpha value is -1.62. The Bertz CT molecular complexity index is 625. The second kappa shape index (κ2) is 5.05. The number of fused-ring (bicyclic) bond motifs is 1. The topological polar surface area (TPSA) is 12.0 Å². The normalized spacial score (nSPS) is 17.9. The predicted octanol–water partition coefficient (Wildman–Crippen LogP) is 4.96. The van der Waals surface area contributed by atoms with E-state index in [1.807, 2.05) is 24.3 Å². The number of rotatable bonds is 2. The molecule has 1 aliphatic rings. The summed E-state index contributed by atoms with van der Waals surface area (Å²) in [5, 5.41) is 3.19. The van der Waals surface area contributed by atoms with Crippen LogP contribution >= 0.6 is 11.8 Å². The Morgan fingerprint density at radius 2 is 1.85 bits per heavy atom. The zero-order chi connectivity index (χ0) is 14.2. The van der Waals surface area contributed by atoms with E-state index in [2.05, 4.69) is 5.32 Å². The number of halogens is 3. The summed E-state index contributed by atoms with van der Waals surface area (Å²) in [4.78, 5) is 1.19. The highest BCUT2D eigenvalue weighted by Crippen LogP contribution is 2.40. The van der Waals surface area contributed by atoms with Crippen molar-refractivity contribution in [2.45, 2.75) is 17.1 Å². The fraction of sp³-hybridized carbons (Fsp3) is 0.200. The summed E-state index contributed by atoms with van der Waals surface area (Å²) in [5.41, 5.74) is 1.03. The fourth-order valence-electron chi connectivity index (χ4n) is 2.27. The first-order chi connectivity index (χ1) is 9.54. The van der Waals surface area contributed by atoms with Crippen LogP contribution < -0.4 is 5.32 Å². The van der Waals surface area contributed by atoms with Crippen LogP contribution in [0.1, 0.15) is 17.2 Å². The molecule has 0 spiro atoms. The molecule has 20 heavy (non-hydrogen) atoms. The third kappa shape index (κ3) is 2.63. The summed E-state index contributed by atoms with van der Waals surface area (Å²) >= 11 is 1.72. The van der Waals surface area contributed by atoms with Gasteiger partial charge in [-0.05, 0) is 29.8 Å². The third-order valence-electron chi connectivity index (χ3n) is 3.23. The fourth-order valence-corrected chi connectivity index (χ4v) is 3.43. The molecule has 5 heteroatoms. The van der Waals surface area contributed by atoms with Gasteiger partial charge in [0.25, 0.3) is 0 Å². The number of alkyl halides is 3. The molecule has 1 nitrogen and oxygen atoms in total. The minimum Gasteiger partial charge on any atom is -0.377 e. The van der Waals surface area contributed by atoms with Gasteiger partial charge >= 0.3 is 6.18 Å². The van der Waals surface area contributed by atoms with Crippen LogP contribution in [0.15, 0.2) is 53.4 Å². The highest BCUT2D eigenvalue weighted by atomic mass is 32.2. The lowest BCUT2D eigenvalue weighted by Crippen LogP contribution is -2.11. The van der Waals surface area contributed by atoms with Gasteiger partial charge in [0.05, 0.1) is 11.6 Å². The standard InChI is InChI=1S/C15H12F3NS/c16-15(17,18)10-4-3-5-11(8-10)19-13-9-20-14-7-2-1-6-12(13)14/h1-8,13,19H,9H2. The SMILES string of the molecule is FC(F)(F)c1cccc(NC2CSc3ccccc32)c1. The molecule has 0 saturated carbocycles. The van der Waals surface area contributed by atoms with E-state index in [1.54, 1.807) is 17.8 Å². The summed E-state index contributed by atoms with van der Waals surface area (Å²) in [6, 6.07) is 13.4. The number of thioether (sulfide) groups is 1. The Kier molecular flexibility index (Phi) is 3.38. The van der Waals surface area contributed by atoms with E-state index in [1.165, 1.54) is 11.0 Å². The zero-order valence-corrected chi connectivity index (χ0v) is 11.3. The zero-order valence-electron chi connectivity index (χ0n) is 10.4. The summed E-state index contributed by atoms with van der Waals surface area (Å²) in [7, 11) is 0. The third-order valence-corrected chi connectivity index (χ3v) is 4.41. The number of hydrogen-bond donors (Lipinski definition) is 1. The molecular formula is C15H12F3NS. The molecule has 0 fully saturated rings. The average molecular weight is 295 g/mol. The van der Waals surface area contributed by atoms with Crippen LogP contribution in [0, 0.1) is 0 Å². The minimum absolute atomic E-state index is 0.0553. The van der Waals surface area contributed by atoms with E-state index in [4.69, 9.17) is 0 Å². The van der Waals surface area contributed by atoms with E-state index in [-0.39, 0.29) is 6.04 Å². The van der Waals surface area contributed by atoms with Gasteiger partial charge in [-0.1, -0.05) is 24.3 Å². The van der Waals surface area contributed by atoms with Crippen LogP contribution in [0.25, 0.3) is 0 Å². The molecule has 1 aliphatic heterocycles. The number of anilines is 1. The van der Waals surface area contributed by atoms with Gasteiger partial charge in [-0.15, -0.1) is 11.8 Å². The van der Waals surface area contributed by atoms with Crippen LogP contribution in [0.5, 0.6) is 0 Å². The Morgan fingerprint density at radius 1 is 1.05 bits per heavy atom. The molecule has 0 saturated heterocycles. The molecule has 0 radical (unpaired) electrons. The molecular weight excluding hydrogens is 283 g/mol. The molecule has 0 amide bonds. The van der Waals surface area contributed by atoms with E-state index < -0.39 is 11.7 Å². The lowest BCUT2D eigenvalue weighted by molar-refractivity contribution is -0.137. The van der Waals surface area contributed by atoms with Gasteiger partial charge in [0.15, 0.2) is 0 Å². The van der Waals surface area contributed by atoms with E-state index in [9.17, 15) is 13.2 Å². The summed E-state index contributed by atoms with van der Waals surface area (Å²) in [5.74, 6) is 0.829. The molecule has 2 aromatic rings. The highest BCUT2D eigenvalue weighted by Gasteiger charge is 2.31. The smallest absolute Gasteiger partial charge is 0.377 e. The van der Waals surface area contributed by atoms with Gasteiger partial charge in [-0.3, -0.25) is 0 Å². The maximum absolute atomic E-state index is 12.7. The predicted molar refractivity (Wildman–Crippen MR) is 75.0 cm³/mol. The van der Waals surface area contributed by atoms with Gasteiger partial charge in [0.2, 0.25) is 0 Å². The van der Waals surface area contributed by atoms with Gasteiger partial charge in [0, 0.05) is 16.3 Å². The molecule has 0 bridgehead atoms. The first kappa shape index (κ1) is 13.4. The van der Waals surface area contributed by atoms with Gasteiger partial charge in [-0.2, -0.15) is 13.2 Å². The first-order valence-electron chi connectivity index (χ1n) is 6.19. The van der Waals surface area contributed by atoms with Crippen molar-refractivity contribution in [3.63, 3.8) is 0 Å². The van der Waals surface area contributed by atoms with Crippen molar-refractivity contribution in [2.24, 2.45) is 0 Å². The van der Waals surface area contributed by atoms with E-state index in [0.717, 1.165) is 23.4 Å². The lowest BCUT2D eigenvalue weighted by atomic mass is 10.1. The second-order valence-corrected chi connectivity index (χ2v) is 5.69. The van der Waals surface area contributed by atoms with E-state index in [0.29, 0.717) is 5.69 Å². The van der Waals surface area contributed by atoms with E-state index >= 15 is 0 Å². The second-order valence-electron chi connectivity index (χ2n) is 4.62. The van der Waals surface area contributed by atoms with Crippen LogP contribution in [0.2, 0.25) is 0 Å². The monoisotopic (exact) mass is 295 g/mol. The van der Waals surface area contributed by atoms with Crippen molar-refractivity contribution in [3.05, 3.63) is 59.7 Å². The summed E-state index contributed by atoms with van der Waals surface area (Å²) in [6.45, 7) is 0. The minimum atomic E-state index is -4.31. The van der Waals surface area contributed by atoms with Crippen LogP contribution in [0.3, 0.4) is 0 Å². The summed E-state index contributed by atoms with van der Waals surface area (Å²) < 4.78 is 38.1. The Balaban J connectivity index is 1.83. The largest absolute Gasteiger partial charge is 0.416 e. The van der Waals surface area contributed by atoms with Crippen LogP contribution in [0.4, 0.5) is 18.9 Å². The molecule has 104 valence electrons. The maximum atomic E-state index is 12.7. The maximum Gasteiger partial charge on any atom is 0.416 e. The van der Waals surface area contributed by atoms with Gasteiger partial charge in [-0.25, -0.2) is 0 Å².